The highest BCUT2D eigenvalue weighted by molar-refractivity contribution is 6.52. The highest BCUT2D eigenvalue weighted by Gasteiger charge is 2.32. The highest BCUT2D eigenvalue weighted by atomic mass is 16.5. The lowest BCUT2D eigenvalue weighted by atomic mass is 9.82. The molecule has 0 aliphatic heterocycles. The number of ketones is 2. The van der Waals surface area contributed by atoms with Crippen LogP contribution in [0, 0.1) is 0 Å². The number of Topliss-reactive ketones (excluding diaryl/α,β-unsaturated/α-hetero) is 2. The van der Waals surface area contributed by atoms with Crippen LogP contribution in [0.25, 0.3) is 11.1 Å². The molecule has 2 unspecified atom stereocenters. The summed E-state index contributed by atoms with van der Waals surface area (Å²) >= 11 is 0. The Morgan fingerprint density at radius 2 is 1.50 bits per heavy atom. The van der Waals surface area contributed by atoms with Crippen LogP contribution in [-0.2, 0) is 9.53 Å². The van der Waals surface area contributed by atoms with Crippen molar-refractivity contribution in [3.8, 4) is 11.1 Å². The number of fused-ring (bicyclic) bond motifs is 3. The molecule has 1 aliphatic rings. The van der Waals surface area contributed by atoms with Crippen molar-refractivity contribution in [1.29, 1.82) is 0 Å². The number of aliphatic hydroxyl groups is 2. The van der Waals surface area contributed by atoms with Gasteiger partial charge in [0, 0.05) is 11.1 Å². The van der Waals surface area contributed by atoms with E-state index >= 15 is 0 Å². The molecule has 0 saturated heterocycles. The Morgan fingerprint density at radius 3 is 2.12 bits per heavy atom. The van der Waals surface area contributed by atoms with Crippen LogP contribution in [0.15, 0.2) is 42.5 Å². The summed E-state index contributed by atoms with van der Waals surface area (Å²) in [6.45, 7) is 0. The second-order valence-corrected chi connectivity index (χ2v) is 5.42. The first-order valence-electron chi connectivity index (χ1n) is 7.22. The lowest BCUT2D eigenvalue weighted by Crippen LogP contribution is -2.29. The van der Waals surface area contributed by atoms with E-state index in [1.807, 2.05) is 0 Å². The average Bonchev–Trinajstić information content (AvgIpc) is 2.63. The van der Waals surface area contributed by atoms with Crippen LogP contribution in [0.3, 0.4) is 0 Å². The van der Waals surface area contributed by atoms with Crippen molar-refractivity contribution >= 4 is 17.5 Å². The molecule has 2 aromatic rings. The minimum absolute atomic E-state index is 0.224. The Morgan fingerprint density at radius 1 is 0.917 bits per heavy atom. The highest BCUT2D eigenvalue weighted by Crippen LogP contribution is 2.35. The first-order valence-corrected chi connectivity index (χ1v) is 7.22. The van der Waals surface area contributed by atoms with Crippen LogP contribution < -0.4 is 0 Å². The van der Waals surface area contributed by atoms with Gasteiger partial charge < -0.3 is 14.9 Å². The molecule has 2 N–H and O–H groups in total. The van der Waals surface area contributed by atoms with Gasteiger partial charge >= 0.3 is 5.97 Å². The zero-order valence-corrected chi connectivity index (χ0v) is 12.7. The van der Waals surface area contributed by atoms with Crippen LogP contribution in [0.1, 0.15) is 32.4 Å². The first kappa shape index (κ1) is 16.0. The summed E-state index contributed by atoms with van der Waals surface area (Å²) in [7, 11) is 1.10. The van der Waals surface area contributed by atoms with E-state index in [-0.39, 0.29) is 16.7 Å². The molecule has 1 aliphatic carbocycles. The van der Waals surface area contributed by atoms with Gasteiger partial charge in [0.05, 0.1) is 7.11 Å². The standard InChI is InChI=1S/C18H14O6/c1-24-18(23)17(22)14(19)9-6-7-12-13(8-9)10-4-2-3-5-11(10)15(20)16(12)21/h2-8,14,17,19,22H,1H3. The molecule has 0 saturated carbocycles. The van der Waals surface area contributed by atoms with Gasteiger partial charge in [0.2, 0.25) is 11.6 Å². The number of hydrogen-bond donors (Lipinski definition) is 2. The summed E-state index contributed by atoms with van der Waals surface area (Å²) in [5, 5.41) is 19.9. The zero-order chi connectivity index (χ0) is 17.4. The minimum Gasteiger partial charge on any atom is -0.467 e. The number of methoxy groups -OCH3 is 1. The Hall–Kier alpha value is -2.83. The summed E-state index contributed by atoms with van der Waals surface area (Å²) in [5.41, 5.74) is 1.79. The van der Waals surface area contributed by atoms with Crippen molar-refractivity contribution in [2.45, 2.75) is 12.2 Å². The maximum Gasteiger partial charge on any atom is 0.337 e. The Labute approximate surface area is 137 Å². The van der Waals surface area contributed by atoms with Crippen LogP contribution in [-0.4, -0.2) is 41.0 Å². The van der Waals surface area contributed by atoms with Gasteiger partial charge in [-0.2, -0.15) is 0 Å². The second kappa shape index (κ2) is 5.99. The molecule has 3 rings (SSSR count). The smallest absolute Gasteiger partial charge is 0.337 e. The topological polar surface area (TPSA) is 101 Å². The molecule has 0 amide bonds. The number of aliphatic hydroxyl groups excluding tert-OH is 2. The summed E-state index contributed by atoms with van der Waals surface area (Å²) in [6, 6.07) is 11.0. The van der Waals surface area contributed by atoms with Crippen molar-refractivity contribution in [3.05, 3.63) is 59.2 Å². The third kappa shape index (κ3) is 2.42. The fraction of sp³-hybridized carbons (Fsp3) is 0.167. The number of carbonyl (C=O) groups excluding carboxylic acids is 3. The number of esters is 1. The second-order valence-electron chi connectivity index (χ2n) is 5.42. The van der Waals surface area contributed by atoms with Crippen LogP contribution >= 0.6 is 0 Å². The molecule has 0 radical (unpaired) electrons. The molecule has 122 valence electrons. The van der Waals surface area contributed by atoms with Crippen molar-refractivity contribution < 1.29 is 29.3 Å². The largest absolute Gasteiger partial charge is 0.467 e. The van der Waals surface area contributed by atoms with E-state index in [0.29, 0.717) is 11.1 Å². The molecule has 0 fully saturated rings. The average molecular weight is 326 g/mol. The van der Waals surface area contributed by atoms with Gasteiger partial charge in [0.15, 0.2) is 6.10 Å². The van der Waals surface area contributed by atoms with Gasteiger partial charge in [0.1, 0.15) is 6.10 Å². The Balaban J connectivity index is 2.10. The number of rotatable bonds is 3. The van der Waals surface area contributed by atoms with Crippen molar-refractivity contribution in [3.63, 3.8) is 0 Å². The first-order chi connectivity index (χ1) is 11.5. The summed E-state index contributed by atoms with van der Waals surface area (Å²) in [6.07, 6.45) is -3.26. The SMILES string of the molecule is COC(=O)C(O)C(O)c1ccc2c(c1)-c1ccccc1C(=O)C2=O. The fourth-order valence-electron chi connectivity index (χ4n) is 2.76. The summed E-state index contributed by atoms with van der Waals surface area (Å²) < 4.78 is 4.41. The quantitative estimate of drug-likeness (QED) is 0.651. The van der Waals surface area contributed by atoms with Crippen LogP contribution in [0.4, 0.5) is 0 Å². The number of carbonyl (C=O) groups is 3. The lowest BCUT2D eigenvalue weighted by Gasteiger charge is -2.21. The van der Waals surface area contributed by atoms with Crippen molar-refractivity contribution in [2.24, 2.45) is 0 Å². The molecule has 2 atom stereocenters. The summed E-state index contributed by atoms with van der Waals surface area (Å²) in [5.74, 6) is -2.17. The molecule has 2 aromatic carbocycles. The van der Waals surface area contributed by atoms with Gasteiger partial charge in [-0.25, -0.2) is 4.79 Å². The van der Waals surface area contributed by atoms with Gasteiger partial charge in [-0.1, -0.05) is 30.3 Å². The molecule has 6 nitrogen and oxygen atoms in total. The number of ether oxygens (including phenoxy) is 1. The van der Waals surface area contributed by atoms with E-state index in [1.165, 1.54) is 18.2 Å². The maximum atomic E-state index is 12.2. The van der Waals surface area contributed by atoms with Gasteiger partial charge in [0.25, 0.3) is 0 Å². The maximum absolute atomic E-state index is 12.2. The van der Waals surface area contributed by atoms with E-state index in [0.717, 1.165) is 7.11 Å². The minimum atomic E-state index is -1.75. The third-order valence-electron chi connectivity index (χ3n) is 4.04. The lowest BCUT2D eigenvalue weighted by molar-refractivity contribution is -0.156. The van der Waals surface area contributed by atoms with Crippen molar-refractivity contribution in [1.82, 2.24) is 0 Å². The van der Waals surface area contributed by atoms with E-state index in [2.05, 4.69) is 4.74 Å². The van der Waals surface area contributed by atoms with Crippen LogP contribution in [0.2, 0.25) is 0 Å². The van der Waals surface area contributed by atoms with Gasteiger partial charge in [-0.3, -0.25) is 9.59 Å². The predicted molar refractivity (Wildman–Crippen MR) is 83.5 cm³/mol. The van der Waals surface area contributed by atoms with Gasteiger partial charge in [-0.05, 0) is 28.8 Å². The third-order valence-corrected chi connectivity index (χ3v) is 4.04. The summed E-state index contributed by atoms with van der Waals surface area (Å²) in [4.78, 5) is 35.7. The molecule has 0 heterocycles. The number of hydrogen-bond acceptors (Lipinski definition) is 6. The monoisotopic (exact) mass is 326 g/mol. The van der Waals surface area contributed by atoms with Crippen LogP contribution in [0.5, 0.6) is 0 Å². The normalized spacial score (nSPS) is 15.3. The number of benzene rings is 2. The molecular weight excluding hydrogens is 312 g/mol. The van der Waals surface area contributed by atoms with E-state index < -0.39 is 29.7 Å². The molecular formula is C18H14O6. The predicted octanol–water partition coefficient (Wildman–Crippen LogP) is 1.30. The van der Waals surface area contributed by atoms with E-state index in [1.54, 1.807) is 24.3 Å². The molecule has 0 bridgehead atoms. The van der Waals surface area contributed by atoms with E-state index in [9.17, 15) is 24.6 Å². The molecule has 0 aromatic heterocycles. The Kier molecular flexibility index (Phi) is 4.01. The Bertz CT molecular complexity index is 854. The molecule has 24 heavy (non-hydrogen) atoms. The van der Waals surface area contributed by atoms with E-state index in [4.69, 9.17) is 0 Å². The molecule has 6 heteroatoms. The zero-order valence-electron chi connectivity index (χ0n) is 12.7. The molecule has 0 spiro atoms. The van der Waals surface area contributed by atoms with Gasteiger partial charge in [-0.15, -0.1) is 0 Å². The van der Waals surface area contributed by atoms with Crippen molar-refractivity contribution in [2.75, 3.05) is 7.11 Å². The fourth-order valence-corrected chi connectivity index (χ4v) is 2.76.